The first-order valence-corrected chi connectivity index (χ1v) is 9.22. The Morgan fingerprint density at radius 3 is 2.43 bits per heavy atom. The molecule has 0 unspecified atom stereocenters. The molecule has 2 aromatic carbocycles. The summed E-state index contributed by atoms with van der Waals surface area (Å²) in [4.78, 5) is 24.1. The maximum absolute atomic E-state index is 12.3. The Morgan fingerprint density at radius 2 is 1.79 bits per heavy atom. The smallest absolute Gasteiger partial charge is 0.319 e. The zero-order valence-electron chi connectivity index (χ0n) is 15.3. The van der Waals surface area contributed by atoms with Gasteiger partial charge in [-0.3, -0.25) is 4.79 Å². The highest BCUT2D eigenvalue weighted by Gasteiger charge is 2.23. The Bertz CT molecular complexity index is 945. The summed E-state index contributed by atoms with van der Waals surface area (Å²) in [7, 11) is 0. The number of benzene rings is 2. The van der Waals surface area contributed by atoms with Gasteiger partial charge in [-0.15, -0.1) is 0 Å². The molecule has 7 heteroatoms. The van der Waals surface area contributed by atoms with Crippen LogP contribution >= 0.6 is 0 Å². The quantitative estimate of drug-likeness (QED) is 0.619. The molecule has 3 aromatic rings. The lowest BCUT2D eigenvalue weighted by Gasteiger charge is -2.09. The Morgan fingerprint density at radius 1 is 1.04 bits per heavy atom. The number of aromatic nitrogens is 2. The van der Waals surface area contributed by atoms with Crippen molar-refractivity contribution in [2.24, 2.45) is 0 Å². The second-order valence-electron chi connectivity index (χ2n) is 6.75. The number of carbonyl (C=O) groups is 2. The van der Waals surface area contributed by atoms with E-state index in [-0.39, 0.29) is 11.9 Å². The summed E-state index contributed by atoms with van der Waals surface area (Å²) in [6, 6.07) is 16.6. The van der Waals surface area contributed by atoms with Crippen molar-refractivity contribution in [3.63, 3.8) is 0 Å². The minimum absolute atomic E-state index is 0.162. The summed E-state index contributed by atoms with van der Waals surface area (Å²) in [6.07, 6.45) is 5.69. The minimum Gasteiger partial charge on any atom is -0.348 e. The van der Waals surface area contributed by atoms with Crippen LogP contribution in [0, 0.1) is 0 Å². The number of urea groups is 1. The van der Waals surface area contributed by atoms with Gasteiger partial charge in [0.15, 0.2) is 0 Å². The van der Waals surface area contributed by atoms with Crippen LogP contribution in [0.4, 0.5) is 10.5 Å². The molecule has 3 amide bonds. The van der Waals surface area contributed by atoms with Crippen LogP contribution in [0.25, 0.3) is 5.69 Å². The lowest BCUT2D eigenvalue weighted by molar-refractivity contribution is 0.0951. The minimum atomic E-state index is -0.210. The molecule has 1 aliphatic carbocycles. The highest BCUT2D eigenvalue weighted by Crippen LogP contribution is 2.19. The normalized spacial score (nSPS) is 13.0. The monoisotopic (exact) mass is 375 g/mol. The van der Waals surface area contributed by atoms with Gasteiger partial charge in [-0.1, -0.05) is 12.1 Å². The molecule has 4 rings (SSSR count). The highest BCUT2D eigenvalue weighted by atomic mass is 16.2. The van der Waals surface area contributed by atoms with Crippen molar-refractivity contribution in [3.8, 4) is 5.69 Å². The zero-order valence-corrected chi connectivity index (χ0v) is 15.3. The zero-order chi connectivity index (χ0) is 19.3. The summed E-state index contributed by atoms with van der Waals surface area (Å²) in [5, 5.41) is 12.7. The van der Waals surface area contributed by atoms with Crippen molar-refractivity contribution >= 4 is 17.6 Å². The van der Waals surface area contributed by atoms with Gasteiger partial charge in [0.25, 0.3) is 5.91 Å². The standard InChI is InChI=1S/C21H21N5O2/c27-20(16-4-6-17(7-5-16)24-21(28)25-18-8-9-18)22-14-15-2-10-19(11-3-15)26-13-1-12-23-26/h1-7,10-13,18H,8-9,14H2,(H,22,27)(H2,24,25,28). The number of hydrogen-bond donors (Lipinski definition) is 3. The number of amides is 3. The van der Waals surface area contributed by atoms with E-state index in [9.17, 15) is 9.59 Å². The van der Waals surface area contributed by atoms with Gasteiger partial charge >= 0.3 is 6.03 Å². The Labute approximate surface area is 162 Å². The molecule has 0 bridgehead atoms. The third kappa shape index (κ3) is 4.56. The van der Waals surface area contributed by atoms with Gasteiger partial charge < -0.3 is 16.0 Å². The molecule has 7 nitrogen and oxygen atoms in total. The van der Waals surface area contributed by atoms with E-state index in [0.717, 1.165) is 24.1 Å². The number of rotatable bonds is 6. The number of nitrogens with zero attached hydrogens (tertiary/aromatic N) is 2. The maximum atomic E-state index is 12.3. The van der Waals surface area contributed by atoms with Crippen LogP contribution in [-0.4, -0.2) is 27.8 Å². The van der Waals surface area contributed by atoms with E-state index in [1.54, 1.807) is 35.1 Å². The SMILES string of the molecule is O=C(Nc1ccc(C(=O)NCc2ccc(-n3cccn3)cc2)cc1)NC1CC1. The molecule has 0 atom stereocenters. The number of anilines is 1. The second-order valence-corrected chi connectivity index (χ2v) is 6.75. The summed E-state index contributed by atoms with van der Waals surface area (Å²) in [6.45, 7) is 0.433. The molecule has 0 saturated heterocycles. The van der Waals surface area contributed by atoms with Gasteiger partial charge in [-0.05, 0) is 60.9 Å². The molecule has 0 radical (unpaired) electrons. The summed E-state index contributed by atoms with van der Waals surface area (Å²) in [5.41, 5.74) is 3.17. The average Bonchev–Trinajstić information content (AvgIpc) is 3.35. The fourth-order valence-electron chi connectivity index (χ4n) is 2.76. The van der Waals surface area contributed by atoms with Crippen molar-refractivity contribution in [2.45, 2.75) is 25.4 Å². The molecule has 1 saturated carbocycles. The third-order valence-corrected chi connectivity index (χ3v) is 4.48. The summed E-state index contributed by atoms with van der Waals surface area (Å²) < 4.78 is 1.78. The third-order valence-electron chi connectivity index (χ3n) is 4.48. The van der Waals surface area contributed by atoms with E-state index in [1.807, 2.05) is 36.5 Å². The summed E-state index contributed by atoms with van der Waals surface area (Å²) >= 11 is 0. The molecule has 28 heavy (non-hydrogen) atoms. The van der Waals surface area contributed by atoms with Gasteiger partial charge in [0.1, 0.15) is 0 Å². The van der Waals surface area contributed by atoms with Crippen LogP contribution < -0.4 is 16.0 Å². The van der Waals surface area contributed by atoms with Crippen molar-refractivity contribution in [1.82, 2.24) is 20.4 Å². The van der Waals surface area contributed by atoms with Gasteiger partial charge in [-0.25, -0.2) is 9.48 Å². The Kier molecular flexibility index (Phi) is 5.05. The van der Waals surface area contributed by atoms with Crippen molar-refractivity contribution < 1.29 is 9.59 Å². The van der Waals surface area contributed by atoms with E-state index < -0.39 is 0 Å². The first-order chi connectivity index (χ1) is 13.7. The first kappa shape index (κ1) is 17.8. The molecule has 1 heterocycles. The maximum Gasteiger partial charge on any atom is 0.319 e. The van der Waals surface area contributed by atoms with Crippen LogP contribution in [0.2, 0.25) is 0 Å². The van der Waals surface area contributed by atoms with Crippen LogP contribution in [-0.2, 0) is 6.54 Å². The largest absolute Gasteiger partial charge is 0.348 e. The summed E-state index contributed by atoms with van der Waals surface area (Å²) in [5.74, 6) is -0.162. The molecular weight excluding hydrogens is 354 g/mol. The van der Waals surface area contributed by atoms with Crippen molar-refractivity contribution in [1.29, 1.82) is 0 Å². The van der Waals surface area contributed by atoms with Crippen molar-refractivity contribution in [2.75, 3.05) is 5.32 Å². The Hall–Kier alpha value is -3.61. The highest BCUT2D eigenvalue weighted by molar-refractivity contribution is 5.95. The molecule has 0 aliphatic heterocycles. The van der Waals surface area contributed by atoms with E-state index in [0.29, 0.717) is 23.8 Å². The van der Waals surface area contributed by atoms with Crippen LogP contribution in [0.15, 0.2) is 67.0 Å². The predicted octanol–water partition coefficient (Wildman–Crippen LogP) is 3.09. The van der Waals surface area contributed by atoms with Gasteiger partial charge in [-0.2, -0.15) is 5.10 Å². The second kappa shape index (κ2) is 7.96. The topological polar surface area (TPSA) is 88.1 Å². The molecule has 3 N–H and O–H groups in total. The molecule has 0 spiro atoms. The van der Waals surface area contributed by atoms with Crippen molar-refractivity contribution in [3.05, 3.63) is 78.1 Å². The lowest BCUT2D eigenvalue weighted by atomic mass is 10.1. The fourth-order valence-corrected chi connectivity index (χ4v) is 2.76. The molecule has 1 aliphatic rings. The fraction of sp³-hybridized carbons (Fsp3) is 0.190. The number of hydrogen-bond acceptors (Lipinski definition) is 3. The Balaban J connectivity index is 1.29. The average molecular weight is 375 g/mol. The van der Waals surface area contributed by atoms with Gasteiger partial charge in [0, 0.05) is 36.2 Å². The molecular formula is C21H21N5O2. The molecule has 142 valence electrons. The van der Waals surface area contributed by atoms with E-state index in [4.69, 9.17) is 0 Å². The van der Waals surface area contributed by atoms with Crippen LogP contribution in [0.3, 0.4) is 0 Å². The van der Waals surface area contributed by atoms with E-state index >= 15 is 0 Å². The lowest BCUT2D eigenvalue weighted by Crippen LogP contribution is -2.30. The number of nitrogens with one attached hydrogen (secondary N) is 3. The first-order valence-electron chi connectivity index (χ1n) is 9.22. The predicted molar refractivity (Wildman–Crippen MR) is 106 cm³/mol. The number of carbonyl (C=O) groups excluding carboxylic acids is 2. The van der Waals surface area contributed by atoms with E-state index in [2.05, 4.69) is 21.0 Å². The van der Waals surface area contributed by atoms with Gasteiger partial charge in [0.2, 0.25) is 0 Å². The van der Waals surface area contributed by atoms with Crippen LogP contribution in [0.1, 0.15) is 28.8 Å². The molecule has 1 aromatic heterocycles. The van der Waals surface area contributed by atoms with Gasteiger partial charge in [0.05, 0.1) is 5.69 Å². The molecule has 1 fully saturated rings. The van der Waals surface area contributed by atoms with Crippen LogP contribution in [0.5, 0.6) is 0 Å². The van der Waals surface area contributed by atoms with E-state index in [1.165, 1.54) is 0 Å².